The minimum Gasteiger partial charge on any atom is -0.465 e. The highest BCUT2D eigenvalue weighted by Crippen LogP contribution is 2.30. The minimum atomic E-state index is -3.48. The topological polar surface area (TPSA) is 88.6 Å². The molecule has 0 radical (unpaired) electrons. The normalized spacial score (nSPS) is 13.5. The molecule has 1 aliphatic heterocycles. The van der Waals surface area contributed by atoms with E-state index >= 15 is 0 Å². The number of anilines is 1. The Bertz CT molecular complexity index is 858. The van der Waals surface area contributed by atoms with E-state index in [0.717, 1.165) is 35.6 Å². The van der Waals surface area contributed by atoms with Crippen LogP contribution >= 0.6 is 23.7 Å². The molecular weight excluding hydrogens is 398 g/mol. The van der Waals surface area contributed by atoms with Gasteiger partial charge in [0.25, 0.3) is 0 Å². The Kier molecular flexibility index (Phi) is 6.62. The summed E-state index contributed by atoms with van der Waals surface area (Å²) in [6.45, 7) is 1.74. The van der Waals surface area contributed by atoms with Gasteiger partial charge in [0.1, 0.15) is 0 Å². The van der Waals surface area contributed by atoms with Crippen LogP contribution < -0.4 is 9.62 Å². The zero-order valence-electron chi connectivity index (χ0n) is 14.4. The number of carbonyl (C=O) groups excluding carboxylic acids is 1. The van der Waals surface area contributed by atoms with E-state index < -0.39 is 16.0 Å². The Labute approximate surface area is 162 Å². The third kappa shape index (κ3) is 4.53. The number of rotatable bonds is 5. The van der Waals surface area contributed by atoms with Gasteiger partial charge < -0.3 is 10.1 Å². The fourth-order valence-corrected chi connectivity index (χ4v) is 4.78. The number of methoxy groups -OCH3 is 1. The molecule has 3 rings (SSSR count). The average Bonchev–Trinajstić information content (AvgIpc) is 3.02. The fraction of sp³-hybridized carbons (Fsp3) is 0.375. The van der Waals surface area contributed by atoms with E-state index in [2.05, 4.69) is 15.0 Å². The van der Waals surface area contributed by atoms with Gasteiger partial charge in [-0.05, 0) is 17.7 Å². The Hall–Kier alpha value is -1.68. The van der Waals surface area contributed by atoms with Gasteiger partial charge in [0.2, 0.25) is 10.0 Å². The van der Waals surface area contributed by atoms with E-state index in [1.54, 1.807) is 24.3 Å². The highest BCUT2D eigenvalue weighted by Gasteiger charge is 2.24. The molecule has 1 aromatic heterocycles. The van der Waals surface area contributed by atoms with Crippen molar-refractivity contribution >= 4 is 44.9 Å². The molecule has 0 saturated carbocycles. The number of halogens is 1. The van der Waals surface area contributed by atoms with Crippen LogP contribution in [-0.2, 0) is 34.3 Å². The van der Waals surface area contributed by atoms with Crippen LogP contribution in [0.15, 0.2) is 24.3 Å². The molecule has 2 aromatic rings. The van der Waals surface area contributed by atoms with Crippen molar-refractivity contribution in [1.82, 2.24) is 10.3 Å². The summed E-state index contributed by atoms with van der Waals surface area (Å²) in [7, 11) is -2.16. The fourth-order valence-electron chi connectivity index (χ4n) is 2.58. The number of ether oxygens (including phenoxy) is 1. The van der Waals surface area contributed by atoms with E-state index in [0.29, 0.717) is 10.7 Å². The van der Waals surface area contributed by atoms with Crippen LogP contribution in [-0.4, -0.2) is 39.3 Å². The van der Waals surface area contributed by atoms with Gasteiger partial charge in [0.15, 0.2) is 5.13 Å². The Morgan fingerprint density at radius 1 is 1.35 bits per heavy atom. The maximum absolute atomic E-state index is 12.3. The molecule has 0 bridgehead atoms. The molecule has 0 saturated heterocycles. The van der Waals surface area contributed by atoms with Gasteiger partial charge >= 0.3 is 5.97 Å². The van der Waals surface area contributed by atoms with Crippen molar-refractivity contribution in [2.45, 2.75) is 19.5 Å². The monoisotopic (exact) mass is 417 g/mol. The highest BCUT2D eigenvalue weighted by molar-refractivity contribution is 7.92. The molecule has 10 heteroatoms. The molecule has 0 atom stereocenters. The molecule has 0 unspecified atom stereocenters. The predicted octanol–water partition coefficient (Wildman–Crippen LogP) is 1.96. The molecule has 142 valence electrons. The van der Waals surface area contributed by atoms with Gasteiger partial charge in [-0.2, -0.15) is 0 Å². The van der Waals surface area contributed by atoms with Crippen LogP contribution in [0.25, 0.3) is 0 Å². The Morgan fingerprint density at radius 2 is 2.04 bits per heavy atom. The molecule has 0 aliphatic carbocycles. The molecular formula is C16H20ClN3O4S2. The molecule has 1 aromatic carbocycles. The predicted molar refractivity (Wildman–Crippen MR) is 104 cm³/mol. The summed E-state index contributed by atoms with van der Waals surface area (Å²) < 4.78 is 30.5. The van der Waals surface area contributed by atoms with Gasteiger partial charge in [0, 0.05) is 24.4 Å². The first-order valence-corrected chi connectivity index (χ1v) is 10.4. The average molecular weight is 418 g/mol. The van der Waals surface area contributed by atoms with Crippen molar-refractivity contribution in [2.75, 3.05) is 24.2 Å². The standard InChI is InChI=1S/C16H19N3O4S2.ClH/c1-23-15(20)12-5-3-11(4-6-12)10-19(25(2,21)22)16-18-13-7-8-17-9-14(13)24-16;/h3-6,17H,7-10H2,1-2H3;1H. The third-order valence-corrected chi connectivity index (χ3v) is 6.24. The van der Waals surface area contributed by atoms with Gasteiger partial charge in [-0.15, -0.1) is 12.4 Å². The third-order valence-electron chi connectivity index (χ3n) is 3.91. The molecule has 26 heavy (non-hydrogen) atoms. The molecule has 7 nitrogen and oxygen atoms in total. The number of nitrogens with one attached hydrogen (secondary N) is 1. The summed E-state index contributed by atoms with van der Waals surface area (Å²) in [6.07, 6.45) is 1.98. The quantitative estimate of drug-likeness (QED) is 0.748. The first-order valence-electron chi connectivity index (χ1n) is 7.73. The van der Waals surface area contributed by atoms with Crippen molar-refractivity contribution in [3.8, 4) is 0 Å². The molecule has 2 heterocycles. The van der Waals surface area contributed by atoms with Crippen LogP contribution in [0.5, 0.6) is 0 Å². The van der Waals surface area contributed by atoms with Crippen molar-refractivity contribution in [1.29, 1.82) is 0 Å². The first kappa shape index (κ1) is 20.6. The van der Waals surface area contributed by atoms with Crippen molar-refractivity contribution < 1.29 is 17.9 Å². The molecule has 1 N–H and O–H groups in total. The van der Waals surface area contributed by atoms with E-state index in [1.165, 1.54) is 29.0 Å². The van der Waals surface area contributed by atoms with Crippen LogP contribution in [0, 0.1) is 0 Å². The second-order valence-corrected chi connectivity index (χ2v) is 8.72. The maximum atomic E-state index is 12.3. The summed E-state index contributed by atoms with van der Waals surface area (Å²) in [5.74, 6) is -0.424. The number of nitrogens with zero attached hydrogens (tertiary/aromatic N) is 2. The SMILES string of the molecule is COC(=O)c1ccc(CN(c2nc3c(s2)CNCC3)S(C)(=O)=O)cc1.Cl. The maximum Gasteiger partial charge on any atom is 0.337 e. The first-order chi connectivity index (χ1) is 11.9. The molecule has 0 spiro atoms. The van der Waals surface area contributed by atoms with E-state index in [4.69, 9.17) is 0 Å². The van der Waals surface area contributed by atoms with Gasteiger partial charge in [-0.1, -0.05) is 23.5 Å². The molecule has 0 fully saturated rings. The largest absolute Gasteiger partial charge is 0.465 e. The summed E-state index contributed by atoms with van der Waals surface area (Å²) in [4.78, 5) is 17.1. The van der Waals surface area contributed by atoms with E-state index in [1.807, 2.05) is 0 Å². The summed E-state index contributed by atoms with van der Waals surface area (Å²) in [5, 5.41) is 3.74. The minimum absolute atomic E-state index is 0. The summed E-state index contributed by atoms with van der Waals surface area (Å²) in [6, 6.07) is 6.69. The second-order valence-electron chi connectivity index (χ2n) is 5.75. The lowest BCUT2D eigenvalue weighted by Crippen LogP contribution is -2.29. The number of thiazole rings is 1. The number of sulfonamides is 1. The Balaban J connectivity index is 0.00000243. The molecule has 0 amide bonds. The number of aromatic nitrogens is 1. The van der Waals surface area contributed by atoms with Crippen LogP contribution in [0.3, 0.4) is 0 Å². The highest BCUT2D eigenvalue weighted by atomic mass is 35.5. The number of carbonyl (C=O) groups is 1. The van der Waals surface area contributed by atoms with Gasteiger partial charge in [-0.25, -0.2) is 22.5 Å². The second kappa shape index (κ2) is 8.34. The number of hydrogen-bond donors (Lipinski definition) is 1. The molecule has 1 aliphatic rings. The van der Waals surface area contributed by atoms with Crippen molar-refractivity contribution in [2.24, 2.45) is 0 Å². The lowest BCUT2D eigenvalue weighted by atomic mass is 10.1. The summed E-state index contributed by atoms with van der Waals surface area (Å²) >= 11 is 1.40. The number of benzene rings is 1. The zero-order chi connectivity index (χ0) is 18.0. The number of fused-ring (bicyclic) bond motifs is 1. The summed E-state index contributed by atoms with van der Waals surface area (Å²) in [5.41, 5.74) is 2.16. The van der Waals surface area contributed by atoms with E-state index in [-0.39, 0.29) is 19.0 Å². The van der Waals surface area contributed by atoms with Crippen molar-refractivity contribution in [3.05, 3.63) is 46.0 Å². The number of esters is 1. The van der Waals surface area contributed by atoms with Crippen molar-refractivity contribution in [3.63, 3.8) is 0 Å². The smallest absolute Gasteiger partial charge is 0.337 e. The zero-order valence-corrected chi connectivity index (χ0v) is 16.8. The van der Waals surface area contributed by atoms with Gasteiger partial charge in [0.05, 0.1) is 31.2 Å². The lowest BCUT2D eigenvalue weighted by molar-refractivity contribution is 0.0600. The van der Waals surface area contributed by atoms with Crippen LogP contribution in [0.4, 0.5) is 5.13 Å². The van der Waals surface area contributed by atoms with Crippen LogP contribution in [0.2, 0.25) is 0 Å². The van der Waals surface area contributed by atoms with Gasteiger partial charge in [-0.3, -0.25) is 0 Å². The van der Waals surface area contributed by atoms with E-state index in [9.17, 15) is 13.2 Å². The Morgan fingerprint density at radius 3 is 2.62 bits per heavy atom. The lowest BCUT2D eigenvalue weighted by Gasteiger charge is -2.19. The number of hydrogen-bond acceptors (Lipinski definition) is 7. The van der Waals surface area contributed by atoms with Crippen LogP contribution in [0.1, 0.15) is 26.5 Å².